The molecule has 0 radical (unpaired) electrons. The molecule has 0 aliphatic rings. The summed E-state index contributed by atoms with van der Waals surface area (Å²) >= 11 is 1.73. The second-order valence-electron chi connectivity index (χ2n) is 3.78. The quantitative estimate of drug-likeness (QED) is 0.886. The van der Waals surface area contributed by atoms with Crippen LogP contribution in [0.3, 0.4) is 0 Å². The average Bonchev–Trinajstić information content (AvgIpc) is 2.74. The number of aromatic nitrogens is 2. The molecule has 5 heteroatoms. The Hall–Kier alpha value is -1.20. The topological polar surface area (TPSA) is 51.0 Å². The highest BCUT2D eigenvalue weighted by Gasteiger charge is 2.05. The summed E-state index contributed by atoms with van der Waals surface area (Å²) in [4.78, 5) is 5.67. The van der Waals surface area contributed by atoms with Crippen LogP contribution in [0.5, 0.6) is 0 Å². The highest BCUT2D eigenvalue weighted by molar-refractivity contribution is 7.11. The molecule has 0 atom stereocenters. The number of aryl methyl sites for hydroxylation is 3. The van der Waals surface area contributed by atoms with E-state index in [9.17, 15) is 0 Å². The first kappa shape index (κ1) is 11.3. The molecule has 2 aromatic heterocycles. The van der Waals surface area contributed by atoms with Crippen LogP contribution in [0.4, 0.5) is 0 Å². The molecule has 0 bridgehead atoms. The fourth-order valence-electron chi connectivity index (χ4n) is 1.54. The van der Waals surface area contributed by atoms with E-state index in [1.807, 2.05) is 26.8 Å². The number of nitrogens with one attached hydrogen (secondary N) is 1. The van der Waals surface area contributed by atoms with Crippen molar-refractivity contribution in [2.24, 2.45) is 0 Å². The van der Waals surface area contributed by atoms with Gasteiger partial charge in [0.1, 0.15) is 0 Å². The monoisotopic (exact) mass is 237 g/mol. The van der Waals surface area contributed by atoms with Crippen molar-refractivity contribution in [2.75, 3.05) is 0 Å². The molecule has 0 unspecified atom stereocenters. The van der Waals surface area contributed by atoms with Gasteiger partial charge >= 0.3 is 0 Å². The molecule has 86 valence electrons. The van der Waals surface area contributed by atoms with Gasteiger partial charge in [0.25, 0.3) is 0 Å². The van der Waals surface area contributed by atoms with E-state index < -0.39 is 0 Å². The van der Waals surface area contributed by atoms with Gasteiger partial charge in [-0.25, -0.2) is 4.98 Å². The lowest BCUT2D eigenvalue weighted by Crippen LogP contribution is -2.11. The average molecular weight is 237 g/mol. The molecule has 2 heterocycles. The van der Waals surface area contributed by atoms with E-state index in [1.54, 1.807) is 11.3 Å². The van der Waals surface area contributed by atoms with Crippen molar-refractivity contribution in [2.45, 2.75) is 33.9 Å². The first-order chi connectivity index (χ1) is 7.65. The van der Waals surface area contributed by atoms with Crippen molar-refractivity contribution in [3.05, 3.63) is 33.1 Å². The predicted molar refractivity (Wildman–Crippen MR) is 63.4 cm³/mol. The Bertz CT molecular complexity index is 475. The first-order valence-corrected chi connectivity index (χ1v) is 6.02. The lowest BCUT2D eigenvalue weighted by atomic mass is 10.3. The summed E-state index contributed by atoms with van der Waals surface area (Å²) in [6.07, 6.45) is 0. The minimum atomic E-state index is 0.706. The third kappa shape index (κ3) is 2.68. The third-order valence-corrected chi connectivity index (χ3v) is 3.33. The lowest BCUT2D eigenvalue weighted by molar-refractivity contribution is 0.369. The Labute approximate surface area is 98.7 Å². The normalized spacial score (nSPS) is 10.9. The van der Waals surface area contributed by atoms with E-state index in [0.717, 1.165) is 28.7 Å². The van der Waals surface area contributed by atoms with Gasteiger partial charge in [0.15, 0.2) is 5.76 Å². The summed E-state index contributed by atoms with van der Waals surface area (Å²) in [6, 6.07) is 1.94. The molecule has 4 nitrogen and oxygen atoms in total. The summed E-state index contributed by atoms with van der Waals surface area (Å²) in [5.41, 5.74) is 2.03. The van der Waals surface area contributed by atoms with Crippen molar-refractivity contribution in [3.8, 4) is 0 Å². The maximum Gasteiger partial charge on any atom is 0.150 e. The number of nitrogens with zero attached hydrogens (tertiary/aromatic N) is 2. The van der Waals surface area contributed by atoms with Gasteiger partial charge in [-0.2, -0.15) is 0 Å². The molecule has 16 heavy (non-hydrogen) atoms. The predicted octanol–water partition coefficient (Wildman–Crippen LogP) is 2.35. The van der Waals surface area contributed by atoms with Crippen LogP contribution >= 0.6 is 11.3 Å². The molecule has 2 aromatic rings. The van der Waals surface area contributed by atoms with Crippen molar-refractivity contribution >= 4 is 11.3 Å². The Balaban J connectivity index is 1.86. The number of hydrogen-bond donors (Lipinski definition) is 1. The van der Waals surface area contributed by atoms with Gasteiger partial charge in [-0.1, -0.05) is 5.16 Å². The zero-order valence-corrected chi connectivity index (χ0v) is 10.5. The van der Waals surface area contributed by atoms with Crippen LogP contribution in [0, 0.1) is 20.8 Å². The summed E-state index contributed by atoms with van der Waals surface area (Å²) in [7, 11) is 0. The zero-order chi connectivity index (χ0) is 11.5. The summed E-state index contributed by atoms with van der Waals surface area (Å²) in [5.74, 6) is 0.872. The minimum Gasteiger partial charge on any atom is -0.360 e. The molecule has 0 saturated carbocycles. The summed E-state index contributed by atoms with van der Waals surface area (Å²) in [5, 5.41) is 8.28. The van der Waals surface area contributed by atoms with Crippen molar-refractivity contribution in [1.29, 1.82) is 0 Å². The summed E-state index contributed by atoms with van der Waals surface area (Å²) in [6.45, 7) is 7.53. The van der Waals surface area contributed by atoms with Crippen LogP contribution in [0.1, 0.15) is 27.0 Å². The second kappa shape index (κ2) is 4.76. The highest BCUT2D eigenvalue weighted by atomic mass is 32.1. The fraction of sp³-hybridized carbons (Fsp3) is 0.455. The maximum atomic E-state index is 5.11. The molecule has 0 spiro atoms. The fourth-order valence-corrected chi connectivity index (χ4v) is 2.44. The molecule has 0 amide bonds. The molecule has 1 N–H and O–H groups in total. The SMILES string of the molecule is Cc1cc(CNCc2sc(C)nc2C)on1. The van der Waals surface area contributed by atoms with E-state index in [-0.39, 0.29) is 0 Å². The number of rotatable bonds is 4. The Kier molecular flexibility index (Phi) is 3.36. The van der Waals surface area contributed by atoms with Gasteiger partial charge in [-0.3, -0.25) is 0 Å². The van der Waals surface area contributed by atoms with Crippen LogP contribution in [0.25, 0.3) is 0 Å². The Morgan fingerprint density at radius 3 is 2.69 bits per heavy atom. The molecular weight excluding hydrogens is 222 g/mol. The highest BCUT2D eigenvalue weighted by Crippen LogP contribution is 2.16. The van der Waals surface area contributed by atoms with E-state index in [2.05, 4.69) is 15.5 Å². The van der Waals surface area contributed by atoms with Gasteiger partial charge in [0.2, 0.25) is 0 Å². The molecule has 0 fully saturated rings. The summed E-state index contributed by atoms with van der Waals surface area (Å²) < 4.78 is 5.11. The van der Waals surface area contributed by atoms with Crippen LogP contribution in [-0.2, 0) is 13.1 Å². The van der Waals surface area contributed by atoms with E-state index in [1.165, 1.54) is 4.88 Å². The third-order valence-electron chi connectivity index (χ3n) is 2.26. The van der Waals surface area contributed by atoms with Gasteiger partial charge in [-0.05, 0) is 20.8 Å². The van der Waals surface area contributed by atoms with Crippen LogP contribution in [-0.4, -0.2) is 10.1 Å². The molecule has 0 aliphatic heterocycles. The maximum absolute atomic E-state index is 5.11. The van der Waals surface area contributed by atoms with E-state index in [0.29, 0.717) is 6.54 Å². The van der Waals surface area contributed by atoms with Crippen molar-refractivity contribution in [1.82, 2.24) is 15.5 Å². The van der Waals surface area contributed by atoms with Gasteiger partial charge in [0, 0.05) is 17.5 Å². The Morgan fingerprint density at radius 1 is 1.31 bits per heavy atom. The zero-order valence-electron chi connectivity index (χ0n) is 9.70. The van der Waals surface area contributed by atoms with Gasteiger partial charge < -0.3 is 9.84 Å². The number of thiazole rings is 1. The second-order valence-corrected chi connectivity index (χ2v) is 5.07. The number of hydrogen-bond acceptors (Lipinski definition) is 5. The molecule has 2 rings (SSSR count). The molecule has 0 aromatic carbocycles. The van der Waals surface area contributed by atoms with Crippen LogP contribution in [0.15, 0.2) is 10.6 Å². The van der Waals surface area contributed by atoms with Crippen LogP contribution in [0.2, 0.25) is 0 Å². The minimum absolute atomic E-state index is 0.706. The van der Waals surface area contributed by atoms with Crippen molar-refractivity contribution < 1.29 is 4.52 Å². The van der Waals surface area contributed by atoms with E-state index >= 15 is 0 Å². The molecular formula is C11H15N3OS. The van der Waals surface area contributed by atoms with Crippen molar-refractivity contribution in [3.63, 3.8) is 0 Å². The smallest absolute Gasteiger partial charge is 0.150 e. The Morgan fingerprint density at radius 2 is 2.12 bits per heavy atom. The lowest BCUT2D eigenvalue weighted by Gasteiger charge is -1.99. The van der Waals surface area contributed by atoms with E-state index in [4.69, 9.17) is 4.52 Å². The van der Waals surface area contributed by atoms with Crippen LogP contribution < -0.4 is 5.32 Å². The standard InChI is InChI=1S/C11H15N3OS/c1-7-4-10(15-14-7)5-12-6-11-8(2)13-9(3)16-11/h4,12H,5-6H2,1-3H3. The first-order valence-electron chi connectivity index (χ1n) is 5.21. The molecule has 0 saturated heterocycles. The largest absolute Gasteiger partial charge is 0.360 e. The van der Waals surface area contributed by atoms with Gasteiger partial charge in [0.05, 0.1) is 22.9 Å². The molecule has 0 aliphatic carbocycles. The van der Waals surface area contributed by atoms with Gasteiger partial charge in [-0.15, -0.1) is 11.3 Å².